The van der Waals surface area contributed by atoms with Crippen LogP contribution in [-0.2, 0) is 9.59 Å². The molecule has 2 N–H and O–H groups in total. The smallest absolute Gasteiger partial charge is 0.222 e. The maximum Gasteiger partial charge on any atom is 0.222 e. The molecule has 158 valence electrons. The second-order valence-corrected chi connectivity index (χ2v) is 9.54. The molecule has 4 nitrogen and oxygen atoms in total. The van der Waals surface area contributed by atoms with E-state index in [4.69, 9.17) is 0 Å². The van der Waals surface area contributed by atoms with Crippen molar-refractivity contribution in [3.8, 4) is 0 Å². The van der Waals surface area contributed by atoms with Crippen molar-refractivity contribution in [2.24, 2.45) is 5.92 Å². The van der Waals surface area contributed by atoms with Gasteiger partial charge in [-0.15, -0.1) is 11.3 Å². The van der Waals surface area contributed by atoms with Gasteiger partial charge in [0.15, 0.2) is 0 Å². The van der Waals surface area contributed by atoms with E-state index in [9.17, 15) is 9.59 Å². The molecule has 3 aliphatic rings. The maximum atomic E-state index is 12.8. The van der Waals surface area contributed by atoms with E-state index >= 15 is 0 Å². The minimum absolute atomic E-state index is 0.0184. The number of nitrogens with one attached hydrogen (secondary N) is 2. The lowest BCUT2D eigenvalue weighted by molar-refractivity contribution is -0.123. The van der Waals surface area contributed by atoms with E-state index in [0.717, 1.165) is 11.3 Å². The average molecular weight is 431 g/mol. The van der Waals surface area contributed by atoms with Crippen LogP contribution in [0.5, 0.6) is 0 Å². The van der Waals surface area contributed by atoms with Crippen molar-refractivity contribution >= 4 is 23.2 Å². The van der Waals surface area contributed by atoms with Gasteiger partial charge in [0.05, 0.1) is 12.5 Å². The highest BCUT2D eigenvalue weighted by atomic mass is 32.1. The van der Waals surface area contributed by atoms with E-state index in [-0.39, 0.29) is 24.3 Å². The van der Waals surface area contributed by atoms with Gasteiger partial charge in [0.25, 0.3) is 0 Å². The molecule has 2 amide bonds. The summed E-state index contributed by atoms with van der Waals surface area (Å²) in [7, 11) is 0. The Balaban J connectivity index is 1.31. The van der Waals surface area contributed by atoms with Crippen LogP contribution in [0.4, 0.5) is 0 Å². The van der Waals surface area contributed by atoms with Crippen molar-refractivity contribution in [3.05, 3.63) is 93.2 Å². The van der Waals surface area contributed by atoms with Crippen LogP contribution < -0.4 is 10.6 Å². The number of thiophene rings is 1. The van der Waals surface area contributed by atoms with E-state index in [1.165, 1.54) is 29.2 Å². The molecule has 0 saturated carbocycles. The van der Waals surface area contributed by atoms with Crippen LogP contribution in [0.3, 0.4) is 0 Å². The van der Waals surface area contributed by atoms with Crippen LogP contribution in [0.1, 0.15) is 64.8 Å². The largest absolute Gasteiger partial charge is 0.356 e. The van der Waals surface area contributed by atoms with Gasteiger partial charge in [0.2, 0.25) is 11.8 Å². The summed E-state index contributed by atoms with van der Waals surface area (Å²) >= 11 is 1.56. The van der Waals surface area contributed by atoms with E-state index in [1.807, 2.05) is 17.5 Å². The van der Waals surface area contributed by atoms with Gasteiger partial charge in [-0.05, 0) is 46.0 Å². The molecular formula is C26H26N2O2S. The first-order chi connectivity index (χ1) is 15.1. The molecule has 0 spiro atoms. The lowest BCUT2D eigenvalue weighted by Gasteiger charge is -2.45. The molecule has 3 aromatic rings. The molecule has 1 heterocycles. The van der Waals surface area contributed by atoms with Crippen molar-refractivity contribution in [2.45, 2.75) is 37.6 Å². The van der Waals surface area contributed by atoms with Crippen LogP contribution in [0.25, 0.3) is 0 Å². The number of carbonyl (C=O) groups excluding carboxylic acids is 2. The van der Waals surface area contributed by atoms with Gasteiger partial charge in [-0.2, -0.15) is 0 Å². The number of hydrogen-bond acceptors (Lipinski definition) is 3. The summed E-state index contributed by atoms with van der Waals surface area (Å²) in [6.45, 7) is 2.14. The predicted octanol–water partition coefficient (Wildman–Crippen LogP) is 4.73. The number of benzene rings is 2. The monoisotopic (exact) mass is 430 g/mol. The number of rotatable bonds is 6. The molecule has 0 aliphatic heterocycles. The molecule has 0 radical (unpaired) electrons. The zero-order chi connectivity index (χ0) is 21.4. The van der Waals surface area contributed by atoms with Gasteiger partial charge < -0.3 is 10.6 Å². The molecule has 5 heteroatoms. The summed E-state index contributed by atoms with van der Waals surface area (Å²) < 4.78 is 0. The fraction of sp³-hybridized carbons (Fsp3) is 0.308. The number of fused-ring (bicyclic) bond motifs is 1. The molecule has 31 heavy (non-hydrogen) atoms. The van der Waals surface area contributed by atoms with Gasteiger partial charge in [-0.25, -0.2) is 0 Å². The van der Waals surface area contributed by atoms with Gasteiger partial charge in [0, 0.05) is 30.2 Å². The first-order valence-corrected chi connectivity index (χ1v) is 11.7. The van der Waals surface area contributed by atoms with Gasteiger partial charge in [0.1, 0.15) is 0 Å². The summed E-state index contributed by atoms with van der Waals surface area (Å²) in [5.41, 5.74) is 5.70. The third kappa shape index (κ3) is 3.79. The fourth-order valence-electron chi connectivity index (χ4n) is 5.42. The topological polar surface area (TPSA) is 58.2 Å². The SMILES string of the molecule is CC(=O)N[C@@H](CC(=O)NC[C@H]1CC2c3ccccc3C1c1ccccc12)c1cccs1. The van der Waals surface area contributed by atoms with Crippen molar-refractivity contribution < 1.29 is 9.59 Å². The van der Waals surface area contributed by atoms with Crippen LogP contribution in [0, 0.1) is 5.92 Å². The Bertz CT molecular complexity index is 1060. The van der Waals surface area contributed by atoms with Gasteiger partial charge >= 0.3 is 0 Å². The second kappa shape index (κ2) is 8.31. The zero-order valence-electron chi connectivity index (χ0n) is 17.5. The number of hydrogen-bond donors (Lipinski definition) is 2. The summed E-state index contributed by atoms with van der Waals surface area (Å²) in [4.78, 5) is 25.4. The number of amides is 2. The lowest BCUT2D eigenvalue weighted by Crippen LogP contribution is -2.40. The Morgan fingerprint density at radius 1 is 0.968 bits per heavy atom. The Labute approximate surface area is 186 Å². The Kier molecular flexibility index (Phi) is 5.36. The van der Waals surface area contributed by atoms with Crippen molar-refractivity contribution in [1.82, 2.24) is 10.6 Å². The molecule has 2 atom stereocenters. The predicted molar refractivity (Wildman–Crippen MR) is 123 cm³/mol. The molecule has 6 rings (SSSR count). The van der Waals surface area contributed by atoms with E-state index in [1.54, 1.807) is 11.3 Å². The van der Waals surface area contributed by atoms with E-state index in [2.05, 4.69) is 59.2 Å². The molecule has 2 bridgehead atoms. The Hall–Kier alpha value is -2.92. The zero-order valence-corrected chi connectivity index (χ0v) is 18.3. The molecule has 0 saturated heterocycles. The van der Waals surface area contributed by atoms with Crippen LogP contribution in [-0.4, -0.2) is 18.4 Å². The average Bonchev–Trinajstić information content (AvgIpc) is 3.32. The lowest BCUT2D eigenvalue weighted by atomic mass is 9.59. The molecular weight excluding hydrogens is 404 g/mol. The summed E-state index contributed by atoms with van der Waals surface area (Å²) in [6, 6.07) is 21.2. The normalized spacial score (nSPS) is 21.6. The van der Waals surface area contributed by atoms with Gasteiger partial charge in [-0.3, -0.25) is 9.59 Å². The highest BCUT2D eigenvalue weighted by Crippen LogP contribution is 2.55. The molecule has 3 aliphatic carbocycles. The van der Waals surface area contributed by atoms with E-state index < -0.39 is 0 Å². The maximum absolute atomic E-state index is 12.8. The molecule has 2 aromatic carbocycles. The Morgan fingerprint density at radius 2 is 1.61 bits per heavy atom. The Morgan fingerprint density at radius 3 is 2.19 bits per heavy atom. The fourth-order valence-corrected chi connectivity index (χ4v) is 6.20. The highest BCUT2D eigenvalue weighted by molar-refractivity contribution is 7.10. The minimum atomic E-state index is -0.276. The third-order valence-electron chi connectivity index (χ3n) is 6.64. The third-order valence-corrected chi connectivity index (χ3v) is 7.62. The van der Waals surface area contributed by atoms with Crippen molar-refractivity contribution in [3.63, 3.8) is 0 Å². The summed E-state index contributed by atoms with van der Waals surface area (Å²) in [5, 5.41) is 8.06. The van der Waals surface area contributed by atoms with Gasteiger partial charge in [-0.1, -0.05) is 54.6 Å². The molecule has 1 aromatic heterocycles. The quantitative estimate of drug-likeness (QED) is 0.594. The van der Waals surface area contributed by atoms with Crippen molar-refractivity contribution in [1.29, 1.82) is 0 Å². The first-order valence-electron chi connectivity index (χ1n) is 10.9. The van der Waals surface area contributed by atoms with Crippen LogP contribution >= 0.6 is 11.3 Å². The summed E-state index contributed by atoms with van der Waals surface area (Å²) in [5.74, 6) is 0.956. The second-order valence-electron chi connectivity index (χ2n) is 8.56. The standard InChI is InChI=1S/C26H26N2O2S/c1-16(29)28-23(24-11-6-12-31-24)14-25(30)27-15-17-13-22-18-7-2-4-9-20(18)26(17)21-10-5-3-8-19(21)22/h2-12,17,22-23,26H,13-15H2,1H3,(H,27,30)(H,28,29)/t17-,22?,23+,26?/m1/s1. The minimum Gasteiger partial charge on any atom is -0.356 e. The van der Waals surface area contributed by atoms with Crippen LogP contribution in [0.15, 0.2) is 66.0 Å². The number of carbonyl (C=O) groups is 2. The summed E-state index contributed by atoms with van der Waals surface area (Å²) in [6.07, 6.45) is 1.31. The molecule has 0 fully saturated rings. The van der Waals surface area contributed by atoms with Crippen LogP contribution in [0.2, 0.25) is 0 Å². The van der Waals surface area contributed by atoms with E-state index in [0.29, 0.717) is 24.3 Å². The highest BCUT2D eigenvalue weighted by Gasteiger charge is 2.42. The first kappa shape index (κ1) is 20.0. The van der Waals surface area contributed by atoms with Crippen molar-refractivity contribution in [2.75, 3.05) is 6.54 Å². The molecule has 0 unspecified atom stereocenters.